The van der Waals surface area contributed by atoms with Crippen LogP contribution >= 0.6 is 0 Å². The van der Waals surface area contributed by atoms with E-state index in [-0.39, 0.29) is 0 Å². The standard InChI is InChI=1S/C29H28N4/c1-2-18-17-33-14-12-23-21-8-4-6-10-25(21)32-29(23)27(33)16-19(18)15-26-28-22(11-13-30-26)20-7-3-5-9-24(20)31-28/h2-11,13,19,27,31-32H,12,14-17H2,1H3/b18-2+. The first-order chi connectivity index (χ1) is 16.3. The minimum atomic E-state index is 0.455. The molecular weight excluding hydrogens is 404 g/mol. The van der Waals surface area contributed by atoms with E-state index in [1.807, 2.05) is 6.20 Å². The van der Waals surface area contributed by atoms with Crippen LogP contribution in [0.1, 0.15) is 36.3 Å². The van der Waals surface area contributed by atoms with E-state index in [4.69, 9.17) is 4.98 Å². The van der Waals surface area contributed by atoms with Crippen molar-refractivity contribution in [3.05, 3.63) is 89.4 Å². The van der Waals surface area contributed by atoms with E-state index in [9.17, 15) is 0 Å². The number of nitrogens with zero attached hydrogens (tertiary/aromatic N) is 2. The number of allylic oxidation sites excluding steroid dienone is 1. The number of benzene rings is 2. The van der Waals surface area contributed by atoms with Gasteiger partial charge in [0.1, 0.15) is 0 Å². The van der Waals surface area contributed by atoms with Crippen LogP contribution in [0, 0.1) is 5.92 Å². The Hall–Kier alpha value is -3.37. The molecule has 33 heavy (non-hydrogen) atoms. The van der Waals surface area contributed by atoms with E-state index in [1.54, 1.807) is 5.57 Å². The highest BCUT2D eigenvalue weighted by Crippen LogP contribution is 2.44. The van der Waals surface area contributed by atoms with E-state index in [2.05, 4.69) is 82.5 Å². The zero-order valence-corrected chi connectivity index (χ0v) is 18.9. The van der Waals surface area contributed by atoms with Gasteiger partial charge < -0.3 is 9.97 Å². The first-order valence-corrected chi connectivity index (χ1v) is 12.1. The molecule has 2 aromatic carbocycles. The molecule has 0 aliphatic carbocycles. The van der Waals surface area contributed by atoms with Crippen LogP contribution in [-0.2, 0) is 12.8 Å². The number of aromatic amines is 2. The van der Waals surface area contributed by atoms with Gasteiger partial charge in [0, 0.05) is 52.2 Å². The molecule has 2 N–H and O–H groups in total. The topological polar surface area (TPSA) is 47.7 Å². The van der Waals surface area contributed by atoms with Gasteiger partial charge in [-0.1, -0.05) is 48.0 Å². The number of fused-ring (bicyclic) bond motifs is 8. The van der Waals surface area contributed by atoms with Gasteiger partial charge in [0.15, 0.2) is 0 Å². The lowest BCUT2D eigenvalue weighted by molar-refractivity contribution is 0.138. The summed E-state index contributed by atoms with van der Waals surface area (Å²) in [5.74, 6) is 0.498. The molecule has 2 aliphatic rings. The molecular formula is C29H28N4. The first-order valence-electron chi connectivity index (χ1n) is 12.1. The molecule has 2 atom stereocenters. The quantitative estimate of drug-likeness (QED) is 0.321. The fourth-order valence-electron chi connectivity index (χ4n) is 6.37. The SMILES string of the molecule is C/C=C1\CN2CCc3c([nH]c4ccccc34)C2CC1Cc1nccc2c1[nH]c1ccccc12. The van der Waals surface area contributed by atoms with Crippen LogP contribution < -0.4 is 0 Å². The average molecular weight is 433 g/mol. The van der Waals surface area contributed by atoms with Gasteiger partial charge in [-0.3, -0.25) is 9.88 Å². The van der Waals surface area contributed by atoms with Gasteiger partial charge in [-0.05, 0) is 55.9 Å². The molecule has 0 saturated carbocycles. The lowest BCUT2D eigenvalue weighted by Gasteiger charge is -2.43. The number of H-pyrrole nitrogens is 2. The van der Waals surface area contributed by atoms with Gasteiger partial charge in [0.05, 0.1) is 17.3 Å². The van der Waals surface area contributed by atoms with Crippen molar-refractivity contribution in [3.8, 4) is 0 Å². The second-order valence-electron chi connectivity index (χ2n) is 9.65. The fraction of sp³-hybridized carbons (Fsp3) is 0.276. The van der Waals surface area contributed by atoms with Crippen LogP contribution in [-0.4, -0.2) is 32.9 Å². The van der Waals surface area contributed by atoms with Crippen LogP contribution in [0.4, 0.5) is 0 Å². The molecule has 0 spiro atoms. The first kappa shape index (κ1) is 19.1. The summed E-state index contributed by atoms with van der Waals surface area (Å²) in [7, 11) is 0. The highest BCUT2D eigenvalue weighted by molar-refractivity contribution is 6.07. The maximum Gasteiger partial charge on any atom is 0.0684 e. The molecule has 0 amide bonds. The van der Waals surface area contributed by atoms with Crippen LogP contribution in [0.25, 0.3) is 32.7 Å². The Morgan fingerprint density at radius 1 is 0.970 bits per heavy atom. The maximum absolute atomic E-state index is 4.87. The normalized spacial score (nSPS) is 22.3. The Morgan fingerprint density at radius 2 is 1.76 bits per heavy atom. The highest BCUT2D eigenvalue weighted by Gasteiger charge is 2.37. The predicted molar refractivity (Wildman–Crippen MR) is 135 cm³/mol. The number of hydrogen-bond donors (Lipinski definition) is 2. The van der Waals surface area contributed by atoms with Crippen molar-refractivity contribution in [2.75, 3.05) is 13.1 Å². The predicted octanol–water partition coefficient (Wildman–Crippen LogP) is 6.31. The summed E-state index contributed by atoms with van der Waals surface area (Å²) in [5.41, 5.74) is 9.39. The van der Waals surface area contributed by atoms with E-state index in [1.165, 1.54) is 49.7 Å². The van der Waals surface area contributed by atoms with Gasteiger partial charge in [-0.15, -0.1) is 0 Å². The lowest BCUT2D eigenvalue weighted by atomic mass is 9.79. The molecule has 2 unspecified atom stereocenters. The average Bonchev–Trinajstić information content (AvgIpc) is 3.43. The van der Waals surface area contributed by atoms with Crippen LogP contribution in [0.15, 0.2) is 72.4 Å². The second-order valence-corrected chi connectivity index (χ2v) is 9.65. The minimum Gasteiger partial charge on any atom is -0.357 e. The smallest absolute Gasteiger partial charge is 0.0684 e. The van der Waals surface area contributed by atoms with Crippen molar-refractivity contribution in [1.29, 1.82) is 0 Å². The molecule has 5 aromatic rings. The molecule has 1 saturated heterocycles. The molecule has 5 heterocycles. The maximum atomic E-state index is 4.87. The zero-order chi connectivity index (χ0) is 21.9. The highest BCUT2D eigenvalue weighted by atomic mass is 15.2. The van der Waals surface area contributed by atoms with Crippen molar-refractivity contribution in [2.24, 2.45) is 5.92 Å². The molecule has 4 heteroatoms. The number of rotatable bonds is 2. The second kappa shape index (κ2) is 7.32. The van der Waals surface area contributed by atoms with E-state index in [0.29, 0.717) is 12.0 Å². The Bertz CT molecular complexity index is 1540. The van der Waals surface area contributed by atoms with E-state index < -0.39 is 0 Å². The Kier molecular flexibility index (Phi) is 4.25. The molecule has 3 aromatic heterocycles. The van der Waals surface area contributed by atoms with E-state index >= 15 is 0 Å². The summed E-state index contributed by atoms with van der Waals surface area (Å²) in [6.45, 7) is 4.40. The molecule has 2 aliphatic heterocycles. The van der Waals surface area contributed by atoms with Crippen molar-refractivity contribution in [1.82, 2.24) is 19.9 Å². The zero-order valence-electron chi connectivity index (χ0n) is 18.9. The minimum absolute atomic E-state index is 0.455. The number of nitrogens with one attached hydrogen (secondary N) is 2. The van der Waals surface area contributed by atoms with Crippen molar-refractivity contribution in [3.63, 3.8) is 0 Å². The molecule has 4 nitrogen and oxygen atoms in total. The number of aromatic nitrogens is 3. The Morgan fingerprint density at radius 3 is 2.61 bits per heavy atom. The summed E-state index contributed by atoms with van der Waals surface area (Å²) in [4.78, 5) is 15.0. The lowest BCUT2D eigenvalue weighted by Crippen LogP contribution is -2.43. The van der Waals surface area contributed by atoms with Crippen molar-refractivity contribution >= 4 is 32.7 Å². The van der Waals surface area contributed by atoms with Crippen molar-refractivity contribution in [2.45, 2.75) is 32.2 Å². The van der Waals surface area contributed by atoms with Crippen LogP contribution in [0.2, 0.25) is 0 Å². The Labute approximate surface area is 193 Å². The summed E-state index contributed by atoms with van der Waals surface area (Å²) < 4.78 is 0. The summed E-state index contributed by atoms with van der Waals surface area (Å²) in [6.07, 6.45) is 7.58. The molecule has 7 rings (SSSR count). The molecule has 0 bridgehead atoms. The number of hydrogen-bond acceptors (Lipinski definition) is 2. The monoisotopic (exact) mass is 432 g/mol. The van der Waals surface area contributed by atoms with Gasteiger partial charge in [0.25, 0.3) is 0 Å². The van der Waals surface area contributed by atoms with Crippen LogP contribution in [0.3, 0.4) is 0 Å². The number of pyridine rings is 1. The molecule has 164 valence electrons. The third-order valence-corrected chi connectivity index (χ3v) is 8.00. The van der Waals surface area contributed by atoms with E-state index in [0.717, 1.165) is 32.4 Å². The van der Waals surface area contributed by atoms with Crippen molar-refractivity contribution < 1.29 is 0 Å². The van der Waals surface area contributed by atoms with Gasteiger partial charge in [0.2, 0.25) is 0 Å². The summed E-state index contributed by atoms with van der Waals surface area (Å²) in [6, 6.07) is 20.0. The third kappa shape index (κ3) is 2.90. The van der Waals surface area contributed by atoms with Gasteiger partial charge in [-0.25, -0.2) is 0 Å². The summed E-state index contributed by atoms with van der Waals surface area (Å²) >= 11 is 0. The molecule has 0 radical (unpaired) electrons. The number of piperidine rings is 1. The number of para-hydroxylation sites is 2. The molecule has 1 fully saturated rings. The largest absolute Gasteiger partial charge is 0.357 e. The van der Waals surface area contributed by atoms with Gasteiger partial charge in [-0.2, -0.15) is 0 Å². The Balaban J connectivity index is 1.28. The fourth-order valence-corrected chi connectivity index (χ4v) is 6.37. The van der Waals surface area contributed by atoms with Gasteiger partial charge >= 0.3 is 0 Å². The summed E-state index contributed by atoms with van der Waals surface area (Å²) in [5, 5.41) is 3.97. The van der Waals surface area contributed by atoms with Crippen LogP contribution in [0.5, 0.6) is 0 Å². The third-order valence-electron chi connectivity index (χ3n) is 8.00.